The lowest BCUT2D eigenvalue weighted by atomic mass is 10.2. The number of pyridine rings is 1. The summed E-state index contributed by atoms with van der Waals surface area (Å²) >= 11 is 0. The van der Waals surface area contributed by atoms with E-state index in [1.165, 1.54) is 0 Å². The van der Waals surface area contributed by atoms with Gasteiger partial charge in [0.25, 0.3) is 0 Å². The van der Waals surface area contributed by atoms with Crippen LogP contribution in [0.3, 0.4) is 0 Å². The molecule has 0 radical (unpaired) electrons. The molecule has 0 N–H and O–H groups in total. The van der Waals surface area contributed by atoms with E-state index in [0.29, 0.717) is 12.2 Å². The Hall–Kier alpha value is -1.09. The predicted octanol–water partition coefficient (Wildman–Crippen LogP) is 2.09. The van der Waals surface area contributed by atoms with Crippen molar-refractivity contribution in [3.05, 3.63) is 24.4 Å². The van der Waals surface area contributed by atoms with E-state index in [2.05, 4.69) is 29.8 Å². The van der Waals surface area contributed by atoms with Crippen molar-refractivity contribution in [3.63, 3.8) is 0 Å². The molecule has 2 atom stereocenters. The maximum absolute atomic E-state index is 5.82. The molecule has 1 fully saturated rings. The monoisotopic (exact) mass is 206 g/mol. The van der Waals surface area contributed by atoms with Crippen LogP contribution in [-0.4, -0.2) is 30.3 Å². The number of morpholine rings is 1. The topological polar surface area (TPSA) is 25.4 Å². The summed E-state index contributed by atoms with van der Waals surface area (Å²) in [5.41, 5.74) is 0. The zero-order valence-electron chi connectivity index (χ0n) is 9.39. The van der Waals surface area contributed by atoms with Crippen LogP contribution in [0.5, 0.6) is 0 Å². The zero-order valence-corrected chi connectivity index (χ0v) is 9.39. The van der Waals surface area contributed by atoms with Crippen LogP contribution in [0.25, 0.3) is 0 Å². The van der Waals surface area contributed by atoms with E-state index in [4.69, 9.17) is 4.74 Å². The molecule has 0 aromatic carbocycles. The average Bonchev–Trinajstić information content (AvgIpc) is 2.29. The van der Waals surface area contributed by atoms with Crippen molar-refractivity contribution in [3.8, 4) is 0 Å². The second-order valence-corrected chi connectivity index (χ2v) is 4.07. The lowest BCUT2D eigenvalue weighted by Gasteiger charge is -2.37. The highest BCUT2D eigenvalue weighted by Crippen LogP contribution is 2.18. The molecule has 0 saturated carbocycles. The highest BCUT2D eigenvalue weighted by Gasteiger charge is 2.24. The van der Waals surface area contributed by atoms with Gasteiger partial charge in [-0.05, 0) is 25.5 Å². The van der Waals surface area contributed by atoms with Crippen LogP contribution in [0.15, 0.2) is 24.4 Å². The van der Waals surface area contributed by atoms with Gasteiger partial charge in [0.05, 0.1) is 12.2 Å². The van der Waals surface area contributed by atoms with Crippen molar-refractivity contribution in [2.45, 2.75) is 32.5 Å². The maximum Gasteiger partial charge on any atom is 0.128 e. The summed E-state index contributed by atoms with van der Waals surface area (Å²) in [7, 11) is 0. The van der Waals surface area contributed by atoms with E-state index in [-0.39, 0.29) is 0 Å². The van der Waals surface area contributed by atoms with Gasteiger partial charge in [-0.2, -0.15) is 0 Å². The Balaban J connectivity index is 2.09. The van der Waals surface area contributed by atoms with E-state index >= 15 is 0 Å². The molecular weight excluding hydrogens is 188 g/mol. The molecule has 0 aliphatic carbocycles. The molecule has 0 bridgehead atoms. The number of ether oxygens (including phenoxy) is 1. The van der Waals surface area contributed by atoms with Crippen molar-refractivity contribution in [2.24, 2.45) is 0 Å². The molecule has 82 valence electrons. The summed E-state index contributed by atoms with van der Waals surface area (Å²) < 4.78 is 5.82. The van der Waals surface area contributed by atoms with E-state index in [0.717, 1.165) is 25.3 Å². The molecule has 15 heavy (non-hydrogen) atoms. The highest BCUT2D eigenvalue weighted by atomic mass is 16.5. The normalized spacial score (nSPS) is 26.7. The predicted molar refractivity (Wildman–Crippen MR) is 61.1 cm³/mol. The minimum absolute atomic E-state index is 0.297. The Morgan fingerprint density at radius 3 is 3.00 bits per heavy atom. The molecule has 1 aliphatic rings. The first kappa shape index (κ1) is 10.4. The van der Waals surface area contributed by atoms with Crippen LogP contribution < -0.4 is 4.90 Å². The molecule has 0 unspecified atom stereocenters. The molecule has 1 aromatic rings. The molecule has 3 nitrogen and oxygen atoms in total. The van der Waals surface area contributed by atoms with Crippen molar-refractivity contribution < 1.29 is 4.74 Å². The van der Waals surface area contributed by atoms with Crippen LogP contribution in [0.1, 0.15) is 20.3 Å². The molecule has 0 spiro atoms. The van der Waals surface area contributed by atoms with Crippen molar-refractivity contribution in [1.82, 2.24) is 4.98 Å². The Morgan fingerprint density at radius 1 is 1.47 bits per heavy atom. The second kappa shape index (κ2) is 4.62. The molecule has 3 heteroatoms. The molecule has 1 aliphatic heterocycles. The standard InChI is InChI=1S/C12H18N2O/c1-3-11-9-14(8-10(2)15-11)12-6-4-5-7-13-12/h4-7,10-11H,3,8-9H2,1-2H3/t10-,11+/m1/s1. The summed E-state index contributed by atoms with van der Waals surface area (Å²) in [5.74, 6) is 1.06. The number of rotatable bonds is 2. The average molecular weight is 206 g/mol. The Bertz CT molecular complexity index is 302. The van der Waals surface area contributed by atoms with Crippen molar-refractivity contribution in [1.29, 1.82) is 0 Å². The van der Waals surface area contributed by atoms with Gasteiger partial charge in [0.1, 0.15) is 5.82 Å². The number of aromatic nitrogens is 1. The third kappa shape index (κ3) is 2.48. The Labute approximate surface area is 91.1 Å². The fraction of sp³-hybridized carbons (Fsp3) is 0.583. The minimum Gasteiger partial charge on any atom is -0.372 e. The Kier molecular flexibility index (Phi) is 3.21. The number of nitrogens with zero attached hydrogens (tertiary/aromatic N) is 2. The highest BCUT2D eigenvalue weighted by molar-refractivity contribution is 5.38. The van der Waals surface area contributed by atoms with Gasteiger partial charge in [0.2, 0.25) is 0 Å². The number of anilines is 1. The zero-order chi connectivity index (χ0) is 10.7. The van der Waals surface area contributed by atoms with Gasteiger partial charge in [0.15, 0.2) is 0 Å². The molecule has 2 rings (SSSR count). The Morgan fingerprint density at radius 2 is 2.33 bits per heavy atom. The van der Waals surface area contributed by atoms with E-state index in [1.54, 1.807) is 0 Å². The van der Waals surface area contributed by atoms with E-state index in [1.807, 2.05) is 18.3 Å². The van der Waals surface area contributed by atoms with Crippen molar-refractivity contribution >= 4 is 5.82 Å². The SMILES string of the molecule is CC[C@H]1CN(c2ccccn2)C[C@@H](C)O1. The summed E-state index contributed by atoms with van der Waals surface area (Å²) in [6.45, 7) is 6.18. The van der Waals surface area contributed by atoms with Crippen molar-refractivity contribution in [2.75, 3.05) is 18.0 Å². The first-order valence-corrected chi connectivity index (χ1v) is 5.61. The number of hydrogen-bond donors (Lipinski definition) is 0. The summed E-state index contributed by atoms with van der Waals surface area (Å²) in [6, 6.07) is 6.04. The quantitative estimate of drug-likeness (QED) is 0.741. The van der Waals surface area contributed by atoms with Gasteiger partial charge < -0.3 is 9.64 Å². The number of hydrogen-bond acceptors (Lipinski definition) is 3. The van der Waals surface area contributed by atoms with Crippen LogP contribution in [0.4, 0.5) is 5.82 Å². The van der Waals surface area contributed by atoms with E-state index in [9.17, 15) is 0 Å². The lowest BCUT2D eigenvalue weighted by Crippen LogP contribution is -2.46. The lowest BCUT2D eigenvalue weighted by molar-refractivity contribution is -0.0174. The van der Waals surface area contributed by atoms with Crippen LogP contribution in [-0.2, 0) is 4.74 Å². The van der Waals surface area contributed by atoms with Crippen LogP contribution >= 0.6 is 0 Å². The first-order valence-electron chi connectivity index (χ1n) is 5.61. The summed E-state index contributed by atoms with van der Waals surface area (Å²) in [6.07, 6.45) is 3.55. The minimum atomic E-state index is 0.297. The smallest absolute Gasteiger partial charge is 0.128 e. The van der Waals surface area contributed by atoms with E-state index < -0.39 is 0 Å². The fourth-order valence-corrected chi connectivity index (χ4v) is 2.00. The fourth-order valence-electron chi connectivity index (χ4n) is 2.00. The molecule has 1 aromatic heterocycles. The molecule has 2 heterocycles. The third-order valence-corrected chi connectivity index (χ3v) is 2.75. The largest absolute Gasteiger partial charge is 0.372 e. The molecular formula is C12H18N2O. The summed E-state index contributed by atoms with van der Waals surface area (Å²) in [5, 5.41) is 0. The van der Waals surface area contributed by atoms with Gasteiger partial charge in [-0.25, -0.2) is 4.98 Å². The summed E-state index contributed by atoms with van der Waals surface area (Å²) in [4.78, 5) is 6.68. The first-order chi connectivity index (χ1) is 7.29. The van der Waals surface area contributed by atoms with Gasteiger partial charge >= 0.3 is 0 Å². The van der Waals surface area contributed by atoms with Crippen LogP contribution in [0.2, 0.25) is 0 Å². The van der Waals surface area contributed by atoms with Crippen LogP contribution in [0, 0.1) is 0 Å². The van der Waals surface area contributed by atoms with Gasteiger partial charge in [-0.15, -0.1) is 0 Å². The molecule has 1 saturated heterocycles. The van der Waals surface area contributed by atoms with Gasteiger partial charge in [-0.3, -0.25) is 0 Å². The van der Waals surface area contributed by atoms with Gasteiger partial charge in [0, 0.05) is 19.3 Å². The van der Waals surface area contributed by atoms with Gasteiger partial charge in [-0.1, -0.05) is 13.0 Å². The third-order valence-electron chi connectivity index (χ3n) is 2.75. The molecule has 0 amide bonds. The maximum atomic E-state index is 5.82. The second-order valence-electron chi connectivity index (χ2n) is 4.07.